The van der Waals surface area contributed by atoms with Crippen molar-refractivity contribution in [3.63, 3.8) is 0 Å². The number of hydrogen-bond acceptors (Lipinski definition) is 5. The molecule has 0 saturated heterocycles. The molecule has 0 bridgehead atoms. The minimum atomic E-state index is -0.618. The van der Waals surface area contributed by atoms with E-state index in [-0.39, 0.29) is 31.9 Å². The second-order valence-electron chi connectivity index (χ2n) is 14.7. The second kappa shape index (κ2) is 13.8. The standard InChI is InChI=1S/C44H39N4OTe.Pt/c1-43(2,3)30-18-20-32(21-19-30)46-29-47(37-15-8-7-14-36(37)46)33-12-11-13-34(27-33)49-35-22-23-41-39(28-35)48(38-16-9-10-17-40(38)50-41)42-26-31(24-25-45-42)44(4,5)6;/h7-26,29H,1-6H3;/q-3;. The molecule has 3 heterocycles. The van der Waals surface area contributed by atoms with Gasteiger partial charge in [-0.1, -0.05) is 39.0 Å². The first-order valence-electron chi connectivity index (χ1n) is 17.0. The van der Waals surface area contributed by atoms with Gasteiger partial charge < -0.3 is 0 Å². The van der Waals surface area contributed by atoms with Crippen LogP contribution in [0.4, 0.5) is 39.9 Å². The molecule has 0 amide bonds. The van der Waals surface area contributed by atoms with Gasteiger partial charge in [0, 0.05) is 21.1 Å². The number of pyridine rings is 1. The van der Waals surface area contributed by atoms with E-state index in [1.165, 1.54) is 24.0 Å². The van der Waals surface area contributed by atoms with Gasteiger partial charge in [-0.05, 0) is 23.1 Å². The van der Waals surface area contributed by atoms with Crippen LogP contribution in [-0.4, -0.2) is 25.9 Å². The van der Waals surface area contributed by atoms with Crippen LogP contribution in [0.15, 0.2) is 121 Å². The maximum atomic E-state index is 6.54. The van der Waals surface area contributed by atoms with E-state index in [1.807, 2.05) is 24.4 Å². The summed E-state index contributed by atoms with van der Waals surface area (Å²) in [6.07, 6.45) is 1.92. The van der Waals surface area contributed by atoms with Crippen LogP contribution < -0.4 is 26.7 Å². The Hall–Kier alpha value is -4.07. The van der Waals surface area contributed by atoms with E-state index >= 15 is 0 Å². The van der Waals surface area contributed by atoms with Crippen LogP contribution in [-0.2, 0) is 31.9 Å². The van der Waals surface area contributed by atoms with Gasteiger partial charge in [0.2, 0.25) is 0 Å². The fraction of sp³-hybridized carbons (Fsp3) is 0.182. The molecular formula is C44H39N4OPtTe-3. The zero-order valence-corrected chi connectivity index (χ0v) is 34.1. The molecule has 2 aliphatic rings. The van der Waals surface area contributed by atoms with Crippen LogP contribution in [0.1, 0.15) is 52.7 Å². The van der Waals surface area contributed by atoms with Gasteiger partial charge in [-0.3, -0.25) is 0 Å². The summed E-state index contributed by atoms with van der Waals surface area (Å²) in [5, 5.41) is 0. The molecule has 1 aromatic heterocycles. The summed E-state index contributed by atoms with van der Waals surface area (Å²) < 4.78 is 9.23. The van der Waals surface area contributed by atoms with Gasteiger partial charge in [-0.15, -0.1) is 0 Å². The van der Waals surface area contributed by atoms with Crippen molar-refractivity contribution in [2.24, 2.45) is 0 Å². The Bertz CT molecular complexity index is 2210. The average Bonchev–Trinajstić information content (AvgIpc) is 3.50. The van der Waals surface area contributed by atoms with Crippen LogP contribution in [0.5, 0.6) is 11.5 Å². The van der Waals surface area contributed by atoms with E-state index in [9.17, 15) is 0 Å². The monoisotopic (exact) mass is 964 g/mol. The normalized spacial score (nSPS) is 13.6. The molecule has 51 heavy (non-hydrogen) atoms. The maximum Gasteiger partial charge on any atom is 0 e. The third kappa shape index (κ3) is 6.95. The number of nitrogens with zero attached hydrogens (tertiary/aromatic N) is 4. The first-order chi connectivity index (χ1) is 24.0. The van der Waals surface area contributed by atoms with E-state index < -0.39 is 20.9 Å². The van der Waals surface area contributed by atoms with Gasteiger partial charge in [0.25, 0.3) is 0 Å². The molecule has 5 nitrogen and oxygen atoms in total. The van der Waals surface area contributed by atoms with E-state index in [2.05, 4.69) is 172 Å². The van der Waals surface area contributed by atoms with Gasteiger partial charge in [0.05, 0.1) is 0 Å². The molecule has 8 rings (SSSR count). The summed E-state index contributed by atoms with van der Waals surface area (Å²) in [7, 11) is 0. The predicted octanol–water partition coefficient (Wildman–Crippen LogP) is 9.91. The summed E-state index contributed by atoms with van der Waals surface area (Å²) in [5.74, 6) is 2.16. The Morgan fingerprint density at radius 1 is 0.627 bits per heavy atom. The molecular weight excluding hydrogens is 923 g/mol. The number of benzene rings is 5. The Balaban J connectivity index is 0.00000406. The van der Waals surface area contributed by atoms with Gasteiger partial charge in [-0.2, -0.15) is 0 Å². The predicted molar refractivity (Wildman–Crippen MR) is 207 cm³/mol. The first kappa shape index (κ1) is 35.3. The van der Waals surface area contributed by atoms with Crippen LogP contribution in [0.3, 0.4) is 0 Å². The Labute approximate surface area is 326 Å². The van der Waals surface area contributed by atoms with Gasteiger partial charge in [-0.25, -0.2) is 0 Å². The quantitative estimate of drug-likeness (QED) is 0.127. The Morgan fingerprint density at radius 3 is 2.02 bits per heavy atom. The van der Waals surface area contributed by atoms with E-state index in [0.29, 0.717) is 11.5 Å². The van der Waals surface area contributed by atoms with Crippen LogP contribution in [0, 0.1) is 18.8 Å². The molecule has 0 aliphatic carbocycles. The average molecular weight is 963 g/mol. The summed E-state index contributed by atoms with van der Waals surface area (Å²) in [5.41, 5.74) is 9.04. The molecule has 2 aliphatic heterocycles. The largest absolute Gasteiger partial charge is 0.0565 e. The van der Waals surface area contributed by atoms with Crippen molar-refractivity contribution < 1.29 is 25.8 Å². The number of para-hydroxylation sites is 3. The van der Waals surface area contributed by atoms with Gasteiger partial charge >= 0.3 is 246 Å². The molecule has 0 N–H and O–H groups in total. The summed E-state index contributed by atoms with van der Waals surface area (Å²) in [6.45, 7) is 15.6. The molecule has 0 radical (unpaired) electrons. The molecule has 260 valence electrons. The van der Waals surface area contributed by atoms with Crippen LogP contribution in [0.25, 0.3) is 0 Å². The van der Waals surface area contributed by atoms with Crippen molar-refractivity contribution in [1.29, 1.82) is 0 Å². The summed E-state index contributed by atoms with van der Waals surface area (Å²) in [4.78, 5) is 11.5. The van der Waals surface area contributed by atoms with Gasteiger partial charge in [0.1, 0.15) is 0 Å². The van der Waals surface area contributed by atoms with Crippen molar-refractivity contribution in [3.8, 4) is 11.5 Å². The van der Waals surface area contributed by atoms with Crippen molar-refractivity contribution in [3.05, 3.63) is 151 Å². The molecule has 0 spiro atoms. The number of rotatable bonds is 5. The number of aromatic nitrogens is 1. The van der Waals surface area contributed by atoms with Crippen molar-refractivity contribution in [2.45, 2.75) is 52.4 Å². The Morgan fingerprint density at radius 2 is 1.29 bits per heavy atom. The molecule has 0 atom stereocenters. The SMILES string of the molecule is CC(C)(C)c1ccc(N2[CH-]N(c3[c-]c(Oc4[c-]c5c(cc4)[Te]c4ccccc4N5c4cc(C(C)(C)C)ccn4)ccc3)c3ccccc32)cc1.[Pt]. The zero-order chi connectivity index (χ0) is 34.6. The number of hydrogen-bond donors (Lipinski definition) is 0. The van der Waals surface area contributed by atoms with Crippen LogP contribution in [0.2, 0.25) is 0 Å². The van der Waals surface area contributed by atoms with E-state index in [1.54, 1.807) is 0 Å². The van der Waals surface area contributed by atoms with E-state index in [0.717, 1.165) is 34.3 Å². The third-order valence-corrected chi connectivity index (χ3v) is 12.3. The number of ether oxygens (including phenoxy) is 1. The fourth-order valence-corrected chi connectivity index (χ4v) is 9.27. The minimum Gasteiger partial charge on any atom is -0.0565 e. The molecule has 0 fully saturated rings. The molecule has 5 aromatic carbocycles. The topological polar surface area (TPSA) is 31.8 Å². The van der Waals surface area contributed by atoms with Crippen molar-refractivity contribution >= 4 is 68.1 Å². The summed E-state index contributed by atoms with van der Waals surface area (Å²) >= 11 is -0.618. The number of fused-ring (bicyclic) bond motifs is 3. The molecule has 0 unspecified atom stereocenters. The van der Waals surface area contributed by atoms with Crippen molar-refractivity contribution in [1.82, 2.24) is 4.98 Å². The van der Waals surface area contributed by atoms with E-state index in [4.69, 9.17) is 9.72 Å². The first-order valence-corrected chi connectivity index (χ1v) is 19.3. The van der Waals surface area contributed by atoms with Gasteiger partial charge in [0.15, 0.2) is 0 Å². The molecule has 7 heteroatoms. The molecule has 6 aromatic rings. The zero-order valence-electron chi connectivity index (χ0n) is 29.5. The third-order valence-electron chi connectivity index (χ3n) is 9.13. The number of anilines is 7. The minimum absolute atomic E-state index is 0. The second-order valence-corrected chi connectivity index (χ2v) is 17.8. The fourth-order valence-electron chi connectivity index (χ4n) is 6.36. The van der Waals surface area contributed by atoms with Crippen LogP contribution >= 0.6 is 0 Å². The maximum absolute atomic E-state index is 6.54. The van der Waals surface area contributed by atoms with Crippen molar-refractivity contribution in [2.75, 3.05) is 14.7 Å². The molecule has 0 saturated carbocycles. The summed E-state index contributed by atoms with van der Waals surface area (Å²) in [6, 6.07) is 47.8. The Kier molecular flexibility index (Phi) is 9.57. The smallest absolute Gasteiger partial charge is 0 e.